The van der Waals surface area contributed by atoms with E-state index in [1.807, 2.05) is 6.92 Å². The van der Waals surface area contributed by atoms with E-state index >= 15 is 0 Å². The monoisotopic (exact) mass is 418 g/mol. The molecule has 1 N–H and O–H groups in total. The zero-order chi connectivity index (χ0) is 21.0. The van der Waals surface area contributed by atoms with E-state index in [0.717, 1.165) is 12.8 Å². The van der Waals surface area contributed by atoms with Crippen LogP contribution in [0.25, 0.3) is 5.65 Å². The second kappa shape index (κ2) is 10.3. The van der Waals surface area contributed by atoms with Crippen molar-refractivity contribution in [3.05, 3.63) is 65.1 Å². The molecule has 162 valence electrons. The van der Waals surface area contributed by atoms with Crippen molar-refractivity contribution >= 4 is 11.4 Å². The van der Waals surface area contributed by atoms with Crippen LogP contribution in [0.3, 0.4) is 0 Å². The number of carbonyl (C=O) groups is 1. The number of nitrogens with zero attached hydrogens (tertiary/aromatic N) is 2. The molecule has 0 unspecified atom stereocenters. The van der Waals surface area contributed by atoms with E-state index in [1.165, 1.54) is 18.2 Å². The number of ether oxygens (including phenoxy) is 1. The molecule has 30 heavy (non-hydrogen) atoms. The van der Waals surface area contributed by atoms with Gasteiger partial charge in [0.2, 0.25) is 0 Å². The summed E-state index contributed by atoms with van der Waals surface area (Å²) in [6.45, 7) is 3.40. The van der Waals surface area contributed by atoms with Gasteiger partial charge in [-0.25, -0.2) is 13.8 Å². The maximum absolute atomic E-state index is 13.9. The molecule has 3 aromatic rings. The van der Waals surface area contributed by atoms with E-state index in [-0.39, 0.29) is 44.3 Å². The summed E-state index contributed by atoms with van der Waals surface area (Å²) < 4.78 is 35.0. The van der Waals surface area contributed by atoms with Crippen LogP contribution in [0.5, 0.6) is 5.75 Å². The van der Waals surface area contributed by atoms with Gasteiger partial charge in [-0.2, -0.15) is 0 Å². The predicted octanol–water partition coefficient (Wildman–Crippen LogP) is 5.12. The molecule has 0 bridgehead atoms. The van der Waals surface area contributed by atoms with Crippen molar-refractivity contribution in [1.29, 1.82) is 0 Å². The van der Waals surface area contributed by atoms with Crippen LogP contribution in [0, 0.1) is 24.5 Å². The van der Waals surface area contributed by atoms with Gasteiger partial charge in [-0.15, -0.1) is 0 Å². The summed E-state index contributed by atoms with van der Waals surface area (Å²) in [6.07, 6.45) is 3.58. The molecule has 0 aliphatic rings. The topological polar surface area (TPSA) is 63.8 Å². The molecule has 1 aromatic carbocycles. The molecule has 0 amide bonds. The summed E-state index contributed by atoms with van der Waals surface area (Å²) in [4.78, 5) is 17.3. The summed E-state index contributed by atoms with van der Waals surface area (Å²) in [5.74, 6) is -1.25. The Kier molecular flexibility index (Phi) is 8.06. The Labute approximate surface area is 175 Å². The molecule has 0 spiro atoms. The van der Waals surface area contributed by atoms with Gasteiger partial charge in [0.25, 0.3) is 0 Å². The first-order valence-electron chi connectivity index (χ1n) is 9.63. The lowest BCUT2D eigenvalue weighted by Gasteiger charge is -2.12. The number of hydrogen-bond donors (Lipinski definition) is 1. The van der Waals surface area contributed by atoms with Crippen LogP contribution in [0.4, 0.5) is 8.78 Å². The van der Waals surface area contributed by atoms with Crippen LogP contribution in [0.15, 0.2) is 36.5 Å². The summed E-state index contributed by atoms with van der Waals surface area (Å²) in [5.41, 5.74) is 1.20. The Morgan fingerprint density at radius 3 is 2.57 bits per heavy atom. The fourth-order valence-electron chi connectivity index (χ4n) is 3.45. The minimum absolute atomic E-state index is 0. The number of aromatic nitrogens is 2. The lowest BCUT2D eigenvalue weighted by molar-refractivity contribution is 0.0924. The number of aliphatic hydroxyl groups excluding tert-OH is 1. The number of hydrogen-bond acceptors (Lipinski definition) is 4. The molecule has 2 heterocycles. The van der Waals surface area contributed by atoms with Crippen molar-refractivity contribution in [3.8, 4) is 5.75 Å². The number of aliphatic hydroxyl groups is 1. The Hall–Kier alpha value is -2.80. The Balaban J connectivity index is 0.00000320. The lowest BCUT2D eigenvalue weighted by Crippen LogP contribution is -2.15. The fraction of sp³-hybridized carbons (Fsp3) is 0.391. The smallest absolute Gasteiger partial charge is 0.181 e. The Bertz CT molecular complexity index is 997. The van der Waals surface area contributed by atoms with Crippen molar-refractivity contribution < 1.29 is 23.4 Å². The molecule has 0 fully saturated rings. The van der Waals surface area contributed by atoms with Gasteiger partial charge in [-0.05, 0) is 43.5 Å². The number of benzene rings is 1. The molecule has 3 rings (SSSR count). The zero-order valence-electron chi connectivity index (χ0n) is 16.5. The molecule has 0 radical (unpaired) electrons. The third-order valence-electron chi connectivity index (χ3n) is 4.92. The largest absolute Gasteiger partial charge is 0.485 e. The van der Waals surface area contributed by atoms with E-state index < -0.39 is 11.6 Å². The molecule has 0 saturated carbocycles. The molecule has 5 nitrogen and oxygen atoms in total. The standard InChI is InChI=1S/C22H24F2N2O3.CH4/c1-3-6-15(12-27)11-19(28)21-14(2)25-22-20(9-5-10-26(21)22)29-13-16-17(23)7-4-8-18(16)24;/h4-5,7-10,15,27H,3,6,11-13H2,1-2H3;1H4/t15-;/m0./s1. The molecule has 0 aliphatic heterocycles. The highest BCUT2D eigenvalue weighted by molar-refractivity contribution is 5.96. The van der Waals surface area contributed by atoms with Crippen molar-refractivity contribution in [1.82, 2.24) is 9.38 Å². The van der Waals surface area contributed by atoms with E-state index in [1.54, 1.807) is 29.7 Å². The number of imidazole rings is 1. The number of ketones is 1. The van der Waals surface area contributed by atoms with E-state index in [0.29, 0.717) is 22.8 Å². The quantitative estimate of drug-likeness (QED) is 0.490. The first-order valence-corrected chi connectivity index (χ1v) is 9.63. The Morgan fingerprint density at radius 1 is 1.23 bits per heavy atom. The summed E-state index contributed by atoms with van der Waals surface area (Å²) in [5, 5.41) is 9.50. The minimum Gasteiger partial charge on any atom is -0.485 e. The summed E-state index contributed by atoms with van der Waals surface area (Å²) in [6, 6.07) is 6.97. The number of carbonyl (C=O) groups excluding carboxylic acids is 1. The first-order chi connectivity index (χ1) is 14.0. The molecule has 2 aromatic heterocycles. The molecule has 1 atom stereocenters. The lowest BCUT2D eigenvalue weighted by atomic mass is 9.96. The molecular formula is C23H28F2N2O3. The van der Waals surface area contributed by atoms with Gasteiger partial charge in [0.15, 0.2) is 17.2 Å². The van der Waals surface area contributed by atoms with Gasteiger partial charge in [0.05, 0.1) is 11.3 Å². The van der Waals surface area contributed by atoms with Crippen molar-refractivity contribution in [2.24, 2.45) is 5.92 Å². The number of fused-ring (bicyclic) bond motifs is 1. The number of rotatable bonds is 9. The summed E-state index contributed by atoms with van der Waals surface area (Å²) in [7, 11) is 0. The number of pyridine rings is 1. The highest BCUT2D eigenvalue weighted by atomic mass is 19.1. The van der Waals surface area contributed by atoms with Crippen molar-refractivity contribution in [3.63, 3.8) is 0 Å². The van der Waals surface area contributed by atoms with Crippen molar-refractivity contribution in [2.45, 2.75) is 47.1 Å². The van der Waals surface area contributed by atoms with Crippen LogP contribution < -0.4 is 4.74 Å². The van der Waals surface area contributed by atoms with E-state index in [2.05, 4.69) is 4.98 Å². The van der Waals surface area contributed by atoms with E-state index in [4.69, 9.17) is 4.74 Å². The third kappa shape index (κ3) is 4.84. The SMILES string of the molecule is C.CCC[C@H](CO)CC(=O)c1c(C)nc2c(OCc3c(F)cccc3F)cccn12. The van der Waals surface area contributed by atoms with Gasteiger partial charge in [0.1, 0.15) is 23.9 Å². The second-order valence-corrected chi connectivity index (χ2v) is 7.07. The fourth-order valence-corrected chi connectivity index (χ4v) is 3.45. The maximum atomic E-state index is 13.9. The van der Waals surface area contributed by atoms with Gasteiger partial charge >= 0.3 is 0 Å². The van der Waals surface area contributed by atoms with Crippen LogP contribution in [-0.2, 0) is 6.61 Å². The van der Waals surface area contributed by atoms with E-state index in [9.17, 15) is 18.7 Å². The van der Waals surface area contributed by atoms with Crippen LogP contribution in [0.2, 0.25) is 0 Å². The number of Topliss-reactive ketones (excluding diaryl/α,β-unsaturated/α-hetero) is 1. The van der Waals surface area contributed by atoms with Crippen LogP contribution >= 0.6 is 0 Å². The predicted molar refractivity (Wildman–Crippen MR) is 112 cm³/mol. The molecule has 0 aliphatic carbocycles. The number of halogens is 2. The molecular weight excluding hydrogens is 390 g/mol. The van der Waals surface area contributed by atoms with Gasteiger partial charge in [0, 0.05) is 19.2 Å². The zero-order valence-corrected chi connectivity index (χ0v) is 16.5. The highest BCUT2D eigenvalue weighted by Crippen LogP contribution is 2.26. The van der Waals surface area contributed by atoms with Crippen LogP contribution in [-0.4, -0.2) is 26.9 Å². The highest BCUT2D eigenvalue weighted by Gasteiger charge is 2.22. The first kappa shape index (κ1) is 23.5. The normalized spacial score (nSPS) is 11.9. The van der Waals surface area contributed by atoms with Crippen molar-refractivity contribution in [2.75, 3.05) is 6.61 Å². The maximum Gasteiger partial charge on any atom is 0.181 e. The third-order valence-corrected chi connectivity index (χ3v) is 4.92. The van der Waals surface area contributed by atoms with Crippen LogP contribution in [0.1, 0.15) is 55.4 Å². The Morgan fingerprint density at radius 2 is 1.93 bits per heavy atom. The second-order valence-electron chi connectivity index (χ2n) is 7.07. The average molecular weight is 418 g/mol. The van der Waals surface area contributed by atoms with Gasteiger partial charge < -0.3 is 9.84 Å². The minimum atomic E-state index is -0.682. The van der Waals surface area contributed by atoms with Gasteiger partial charge in [-0.1, -0.05) is 26.8 Å². The molecule has 0 saturated heterocycles. The molecule has 7 heteroatoms. The average Bonchev–Trinajstić information content (AvgIpc) is 3.03. The van der Waals surface area contributed by atoms with Gasteiger partial charge in [-0.3, -0.25) is 9.20 Å². The summed E-state index contributed by atoms with van der Waals surface area (Å²) >= 11 is 0. The number of aryl methyl sites for hydroxylation is 1.